The SMILES string of the molecule is CC(C)c1nc(C(=O)NCC2(C(=O)O)CCOCC2)nn1-c1cccc(F)c1. The Kier molecular flexibility index (Phi) is 5.73. The Balaban J connectivity index is 1.82. The van der Waals surface area contributed by atoms with Gasteiger partial charge in [-0.3, -0.25) is 9.59 Å². The van der Waals surface area contributed by atoms with Crippen LogP contribution in [0.15, 0.2) is 24.3 Å². The smallest absolute Gasteiger partial charge is 0.311 e. The van der Waals surface area contributed by atoms with E-state index in [1.807, 2.05) is 13.8 Å². The van der Waals surface area contributed by atoms with Crippen molar-refractivity contribution in [2.75, 3.05) is 19.8 Å². The first-order valence-corrected chi connectivity index (χ1v) is 9.15. The summed E-state index contributed by atoms with van der Waals surface area (Å²) in [4.78, 5) is 28.6. The van der Waals surface area contributed by atoms with E-state index in [1.54, 1.807) is 12.1 Å². The number of carbonyl (C=O) groups is 2. The maximum absolute atomic E-state index is 13.6. The van der Waals surface area contributed by atoms with Crippen LogP contribution in [0.2, 0.25) is 0 Å². The van der Waals surface area contributed by atoms with Crippen LogP contribution in [0.25, 0.3) is 5.69 Å². The molecule has 28 heavy (non-hydrogen) atoms. The van der Waals surface area contributed by atoms with E-state index in [-0.39, 0.29) is 18.3 Å². The van der Waals surface area contributed by atoms with E-state index in [0.717, 1.165) is 0 Å². The summed E-state index contributed by atoms with van der Waals surface area (Å²) in [5.74, 6) is -1.58. The number of benzene rings is 1. The van der Waals surface area contributed by atoms with E-state index in [1.165, 1.54) is 16.8 Å². The molecule has 9 heteroatoms. The molecule has 1 aromatic carbocycles. The van der Waals surface area contributed by atoms with Gasteiger partial charge >= 0.3 is 5.97 Å². The molecule has 0 bridgehead atoms. The molecule has 0 aliphatic carbocycles. The molecule has 0 radical (unpaired) electrons. The molecular weight excluding hydrogens is 367 g/mol. The molecule has 1 aliphatic rings. The molecule has 1 aliphatic heterocycles. The summed E-state index contributed by atoms with van der Waals surface area (Å²) >= 11 is 0. The molecule has 1 amide bonds. The zero-order chi connectivity index (χ0) is 20.3. The van der Waals surface area contributed by atoms with Crippen LogP contribution in [0.4, 0.5) is 4.39 Å². The molecule has 2 heterocycles. The van der Waals surface area contributed by atoms with Crippen LogP contribution in [0, 0.1) is 11.2 Å². The Hall–Kier alpha value is -2.81. The van der Waals surface area contributed by atoms with E-state index in [4.69, 9.17) is 4.74 Å². The number of amides is 1. The molecule has 1 fully saturated rings. The number of nitrogens with one attached hydrogen (secondary N) is 1. The van der Waals surface area contributed by atoms with Crippen LogP contribution >= 0.6 is 0 Å². The number of halogens is 1. The number of nitrogens with zero attached hydrogens (tertiary/aromatic N) is 3. The Bertz CT molecular complexity index is 875. The van der Waals surface area contributed by atoms with Crippen LogP contribution in [0.3, 0.4) is 0 Å². The zero-order valence-electron chi connectivity index (χ0n) is 15.8. The van der Waals surface area contributed by atoms with Gasteiger partial charge in [-0.1, -0.05) is 19.9 Å². The van der Waals surface area contributed by atoms with E-state index >= 15 is 0 Å². The number of ether oxygens (including phenoxy) is 1. The van der Waals surface area contributed by atoms with Gasteiger partial charge in [0.2, 0.25) is 5.82 Å². The molecule has 2 aromatic rings. The number of rotatable bonds is 6. The average molecular weight is 390 g/mol. The topological polar surface area (TPSA) is 106 Å². The summed E-state index contributed by atoms with van der Waals surface area (Å²) in [6.45, 7) is 4.43. The van der Waals surface area contributed by atoms with Crippen molar-refractivity contribution < 1.29 is 23.8 Å². The molecule has 0 spiro atoms. The third-order valence-corrected chi connectivity index (χ3v) is 4.90. The highest BCUT2D eigenvalue weighted by molar-refractivity contribution is 5.91. The van der Waals surface area contributed by atoms with Crippen molar-refractivity contribution in [2.24, 2.45) is 5.41 Å². The molecule has 8 nitrogen and oxygen atoms in total. The molecule has 150 valence electrons. The van der Waals surface area contributed by atoms with Gasteiger partial charge < -0.3 is 15.2 Å². The Morgan fingerprint density at radius 2 is 2.07 bits per heavy atom. The monoisotopic (exact) mass is 390 g/mol. The van der Waals surface area contributed by atoms with Crippen LogP contribution in [0.1, 0.15) is 49.1 Å². The molecule has 1 aromatic heterocycles. The Labute approximate surface area is 161 Å². The number of carboxylic acids is 1. The van der Waals surface area contributed by atoms with Gasteiger partial charge in [-0.15, -0.1) is 5.10 Å². The van der Waals surface area contributed by atoms with E-state index < -0.39 is 23.1 Å². The average Bonchev–Trinajstić information content (AvgIpc) is 3.13. The molecule has 0 atom stereocenters. The number of aliphatic carboxylic acids is 1. The maximum Gasteiger partial charge on any atom is 0.311 e. The van der Waals surface area contributed by atoms with Crippen LogP contribution in [-0.2, 0) is 9.53 Å². The fourth-order valence-electron chi connectivity index (χ4n) is 3.15. The van der Waals surface area contributed by atoms with Gasteiger partial charge in [0.15, 0.2) is 0 Å². The number of aromatic nitrogens is 3. The third-order valence-electron chi connectivity index (χ3n) is 4.90. The van der Waals surface area contributed by atoms with Crippen molar-refractivity contribution in [3.05, 3.63) is 41.7 Å². The van der Waals surface area contributed by atoms with Gasteiger partial charge in [-0.05, 0) is 31.0 Å². The van der Waals surface area contributed by atoms with Crippen LogP contribution < -0.4 is 5.32 Å². The first-order valence-electron chi connectivity index (χ1n) is 9.15. The van der Waals surface area contributed by atoms with E-state index in [9.17, 15) is 19.1 Å². The molecule has 3 rings (SSSR count). The highest BCUT2D eigenvalue weighted by Crippen LogP contribution is 2.30. The van der Waals surface area contributed by atoms with E-state index in [0.29, 0.717) is 37.6 Å². The third kappa shape index (κ3) is 4.04. The normalized spacial score (nSPS) is 16.1. The molecule has 0 unspecified atom stereocenters. The van der Waals surface area contributed by atoms with Crippen LogP contribution in [-0.4, -0.2) is 51.5 Å². The zero-order valence-corrected chi connectivity index (χ0v) is 15.8. The molecular formula is C19H23FN4O4. The lowest BCUT2D eigenvalue weighted by molar-refractivity contribution is -0.154. The summed E-state index contributed by atoms with van der Waals surface area (Å²) in [7, 11) is 0. The van der Waals surface area contributed by atoms with Crippen molar-refractivity contribution in [2.45, 2.75) is 32.6 Å². The Morgan fingerprint density at radius 3 is 2.68 bits per heavy atom. The molecule has 0 saturated carbocycles. The largest absolute Gasteiger partial charge is 0.481 e. The Morgan fingerprint density at radius 1 is 1.36 bits per heavy atom. The van der Waals surface area contributed by atoms with Crippen LogP contribution in [0.5, 0.6) is 0 Å². The number of carbonyl (C=O) groups excluding carboxylic acids is 1. The predicted octanol–water partition coefficient (Wildman–Crippen LogP) is 2.14. The number of hydrogen-bond donors (Lipinski definition) is 2. The van der Waals surface area contributed by atoms with Gasteiger partial charge in [0.05, 0.1) is 11.1 Å². The summed E-state index contributed by atoms with van der Waals surface area (Å²) in [6.07, 6.45) is 0.649. The first-order chi connectivity index (χ1) is 13.3. The summed E-state index contributed by atoms with van der Waals surface area (Å²) in [6, 6.07) is 5.86. The van der Waals surface area contributed by atoms with Gasteiger partial charge in [0.25, 0.3) is 5.91 Å². The quantitative estimate of drug-likeness (QED) is 0.783. The van der Waals surface area contributed by atoms with Crippen molar-refractivity contribution in [3.63, 3.8) is 0 Å². The van der Waals surface area contributed by atoms with Gasteiger partial charge in [-0.2, -0.15) is 0 Å². The van der Waals surface area contributed by atoms with Gasteiger partial charge in [-0.25, -0.2) is 14.1 Å². The molecule has 1 saturated heterocycles. The summed E-state index contributed by atoms with van der Waals surface area (Å²) < 4.78 is 20.3. The lowest BCUT2D eigenvalue weighted by Crippen LogP contribution is -2.46. The van der Waals surface area contributed by atoms with Crippen molar-refractivity contribution >= 4 is 11.9 Å². The highest BCUT2D eigenvalue weighted by atomic mass is 19.1. The second kappa shape index (κ2) is 8.05. The van der Waals surface area contributed by atoms with Crippen molar-refractivity contribution in [3.8, 4) is 5.69 Å². The number of carboxylic acid groups (broad SMARTS) is 1. The van der Waals surface area contributed by atoms with E-state index in [2.05, 4.69) is 15.4 Å². The van der Waals surface area contributed by atoms with Crippen molar-refractivity contribution in [1.29, 1.82) is 0 Å². The minimum Gasteiger partial charge on any atom is -0.481 e. The fourth-order valence-corrected chi connectivity index (χ4v) is 3.15. The summed E-state index contributed by atoms with van der Waals surface area (Å²) in [5.41, 5.74) is -0.596. The second-order valence-corrected chi connectivity index (χ2v) is 7.22. The lowest BCUT2D eigenvalue weighted by atomic mass is 9.80. The highest BCUT2D eigenvalue weighted by Gasteiger charge is 2.40. The maximum atomic E-state index is 13.6. The van der Waals surface area contributed by atoms with Gasteiger partial charge in [0, 0.05) is 25.7 Å². The summed E-state index contributed by atoms with van der Waals surface area (Å²) in [5, 5.41) is 16.5. The first kappa shape index (κ1) is 19.9. The second-order valence-electron chi connectivity index (χ2n) is 7.22. The molecule has 2 N–H and O–H groups in total. The minimum absolute atomic E-state index is 0.0317. The van der Waals surface area contributed by atoms with Gasteiger partial charge in [0.1, 0.15) is 11.6 Å². The lowest BCUT2D eigenvalue weighted by Gasteiger charge is -2.32. The number of hydrogen-bond acceptors (Lipinski definition) is 5. The predicted molar refractivity (Wildman–Crippen MR) is 97.9 cm³/mol. The minimum atomic E-state index is -1.06. The van der Waals surface area contributed by atoms with Crippen molar-refractivity contribution in [1.82, 2.24) is 20.1 Å². The standard InChI is InChI=1S/C19H23FN4O4/c1-12(2)16-22-15(23-24(16)14-5-3-4-13(20)10-14)17(25)21-11-19(18(26)27)6-8-28-9-7-19/h3-5,10,12H,6-9,11H2,1-2H3,(H,21,25)(H,26,27). The fraction of sp³-hybridized carbons (Fsp3) is 0.474.